The smallest absolute Gasteiger partial charge is 0.233 e. The standard InChI is InChI=1S/C22H24FN5O2S2/c1-30-19-8-6-18(7-9-19)27-10-12-28(13-11-27)20(29)15-31-22-26-25-21(32-22)24-14-16-2-4-17(23)5-3-16/h2-9H,10-15H2,1H3,(H,24,25). The Labute approximate surface area is 194 Å². The van der Waals surface area contributed by atoms with Crippen molar-refractivity contribution in [3.8, 4) is 5.75 Å². The van der Waals surface area contributed by atoms with Crippen LogP contribution in [0.2, 0.25) is 0 Å². The van der Waals surface area contributed by atoms with E-state index < -0.39 is 0 Å². The van der Waals surface area contributed by atoms with Crippen molar-refractivity contribution in [3.05, 3.63) is 59.9 Å². The fraction of sp³-hybridized carbons (Fsp3) is 0.318. The fourth-order valence-electron chi connectivity index (χ4n) is 3.34. The van der Waals surface area contributed by atoms with Crippen LogP contribution < -0.4 is 15.0 Å². The van der Waals surface area contributed by atoms with Crippen LogP contribution in [0.15, 0.2) is 52.9 Å². The van der Waals surface area contributed by atoms with Gasteiger partial charge in [0.1, 0.15) is 11.6 Å². The summed E-state index contributed by atoms with van der Waals surface area (Å²) in [5.74, 6) is 1.04. The minimum Gasteiger partial charge on any atom is -0.497 e. The summed E-state index contributed by atoms with van der Waals surface area (Å²) in [4.78, 5) is 16.8. The van der Waals surface area contributed by atoms with Crippen molar-refractivity contribution in [1.29, 1.82) is 0 Å². The molecule has 1 saturated heterocycles. The number of carbonyl (C=O) groups is 1. The predicted octanol–water partition coefficient (Wildman–Crippen LogP) is 3.74. The molecule has 3 aromatic rings. The molecule has 1 fully saturated rings. The third-order valence-corrected chi connectivity index (χ3v) is 7.15. The molecule has 7 nitrogen and oxygen atoms in total. The number of piperazine rings is 1. The summed E-state index contributed by atoms with van der Waals surface area (Å²) < 4.78 is 18.9. The van der Waals surface area contributed by atoms with Gasteiger partial charge in [-0.3, -0.25) is 4.79 Å². The van der Waals surface area contributed by atoms with Gasteiger partial charge in [-0.15, -0.1) is 10.2 Å². The number of ether oxygens (including phenoxy) is 1. The highest BCUT2D eigenvalue weighted by Crippen LogP contribution is 2.26. The van der Waals surface area contributed by atoms with Crippen LogP contribution in [0.1, 0.15) is 5.56 Å². The van der Waals surface area contributed by atoms with Crippen LogP contribution in [0.25, 0.3) is 0 Å². The zero-order valence-corrected chi connectivity index (χ0v) is 19.3. The van der Waals surface area contributed by atoms with Crippen LogP contribution in [-0.4, -0.2) is 60.0 Å². The number of nitrogens with one attached hydrogen (secondary N) is 1. The van der Waals surface area contributed by atoms with Crippen LogP contribution in [-0.2, 0) is 11.3 Å². The molecule has 1 N–H and O–H groups in total. The van der Waals surface area contributed by atoms with Crippen LogP contribution in [0.4, 0.5) is 15.2 Å². The minimum atomic E-state index is -0.254. The Morgan fingerprint density at radius 3 is 2.50 bits per heavy atom. The number of nitrogens with zero attached hydrogens (tertiary/aromatic N) is 4. The SMILES string of the molecule is COc1ccc(N2CCN(C(=O)CSc3nnc(NCc4ccc(F)cc4)s3)CC2)cc1. The first-order chi connectivity index (χ1) is 15.6. The topological polar surface area (TPSA) is 70.6 Å². The largest absolute Gasteiger partial charge is 0.497 e. The van der Waals surface area contributed by atoms with Gasteiger partial charge in [-0.2, -0.15) is 0 Å². The third-order valence-electron chi connectivity index (χ3n) is 5.15. The van der Waals surface area contributed by atoms with E-state index in [1.165, 1.54) is 35.2 Å². The number of aromatic nitrogens is 2. The second-order valence-corrected chi connectivity index (χ2v) is 9.41. The number of hydrogen-bond donors (Lipinski definition) is 1. The first-order valence-electron chi connectivity index (χ1n) is 10.2. The maximum Gasteiger partial charge on any atom is 0.233 e. The Kier molecular flexibility index (Phi) is 7.43. The zero-order valence-electron chi connectivity index (χ0n) is 17.7. The van der Waals surface area contributed by atoms with Crippen LogP contribution in [0.5, 0.6) is 5.75 Å². The lowest BCUT2D eigenvalue weighted by Gasteiger charge is -2.36. The molecule has 1 aromatic heterocycles. The molecular weight excluding hydrogens is 449 g/mol. The lowest BCUT2D eigenvalue weighted by molar-refractivity contribution is -0.128. The highest BCUT2D eigenvalue weighted by Gasteiger charge is 2.22. The molecule has 0 atom stereocenters. The van der Waals surface area contributed by atoms with Gasteiger partial charge in [0, 0.05) is 38.4 Å². The average Bonchev–Trinajstić information content (AvgIpc) is 3.30. The second-order valence-electron chi connectivity index (χ2n) is 7.21. The monoisotopic (exact) mass is 473 g/mol. The summed E-state index contributed by atoms with van der Waals surface area (Å²) in [6.45, 7) is 3.55. The van der Waals surface area contributed by atoms with E-state index in [1.54, 1.807) is 19.2 Å². The highest BCUT2D eigenvalue weighted by molar-refractivity contribution is 8.01. The molecule has 0 bridgehead atoms. The number of anilines is 2. The maximum atomic E-state index is 13.0. The van der Waals surface area contributed by atoms with E-state index in [0.717, 1.165) is 34.4 Å². The number of rotatable bonds is 8. The maximum absolute atomic E-state index is 13.0. The van der Waals surface area contributed by atoms with E-state index in [9.17, 15) is 9.18 Å². The van der Waals surface area contributed by atoms with Crippen molar-refractivity contribution in [2.45, 2.75) is 10.9 Å². The number of carbonyl (C=O) groups excluding carboxylic acids is 1. The van der Waals surface area contributed by atoms with Crippen molar-refractivity contribution in [3.63, 3.8) is 0 Å². The quantitative estimate of drug-likeness (QED) is 0.500. The predicted molar refractivity (Wildman–Crippen MR) is 126 cm³/mol. The molecule has 0 spiro atoms. The zero-order chi connectivity index (χ0) is 22.3. The van der Waals surface area contributed by atoms with Gasteiger partial charge in [-0.1, -0.05) is 35.2 Å². The summed E-state index contributed by atoms with van der Waals surface area (Å²) in [5, 5.41) is 12.1. The van der Waals surface area contributed by atoms with Gasteiger partial charge < -0.3 is 19.9 Å². The first-order valence-corrected chi connectivity index (χ1v) is 12.0. The summed E-state index contributed by atoms with van der Waals surface area (Å²) in [6, 6.07) is 14.3. The normalized spacial score (nSPS) is 13.8. The van der Waals surface area contributed by atoms with E-state index in [1.807, 2.05) is 29.2 Å². The van der Waals surface area contributed by atoms with Crippen LogP contribution >= 0.6 is 23.1 Å². The summed E-state index contributed by atoms with van der Waals surface area (Å²) >= 11 is 2.82. The lowest BCUT2D eigenvalue weighted by atomic mass is 10.2. The molecule has 1 amide bonds. The van der Waals surface area contributed by atoms with Gasteiger partial charge in [0.05, 0.1) is 12.9 Å². The molecule has 1 aliphatic rings. The van der Waals surface area contributed by atoms with Crippen molar-refractivity contribution in [2.75, 3.05) is 49.3 Å². The molecule has 2 aromatic carbocycles. The molecule has 0 unspecified atom stereocenters. The van der Waals surface area contributed by atoms with Gasteiger partial charge >= 0.3 is 0 Å². The van der Waals surface area contributed by atoms with Gasteiger partial charge in [-0.05, 0) is 42.0 Å². The highest BCUT2D eigenvalue weighted by atomic mass is 32.2. The van der Waals surface area contributed by atoms with E-state index in [4.69, 9.17) is 4.74 Å². The van der Waals surface area contributed by atoms with Gasteiger partial charge in [0.25, 0.3) is 0 Å². The minimum absolute atomic E-state index is 0.111. The van der Waals surface area contributed by atoms with E-state index in [2.05, 4.69) is 20.4 Å². The number of hydrogen-bond acceptors (Lipinski definition) is 8. The molecule has 0 radical (unpaired) electrons. The van der Waals surface area contributed by atoms with Crippen LogP contribution in [0.3, 0.4) is 0 Å². The molecular formula is C22H24FN5O2S2. The molecule has 10 heteroatoms. The molecule has 0 saturated carbocycles. The second kappa shape index (κ2) is 10.6. The Balaban J connectivity index is 1.20. The van der Waals surface area contributed by atoms with Crippen molar-refractivity contribution in [2.24, 2.45) is 0 Å². The molecule has 4 rings (SSSR count). The Morgan fingerprint density at radius 1 is 1.09 bits per heavy atom. The lowest BCUT2D eigenvalue weighted by Crippen LogP contribution is -2.49. The molecule has 1 aliphatic heterocycles. The summed E-state index contributed by atoms with van der Waals surface area (Å²) in [6.07, 6.45) is 0. The first kappa shape index (κ1) is 22.3. The molecule has 32 heavy (non-hydrogen) atoms. The Morgan fingerprint density at radius 2 is 1.81 bits per heavy atom. The van der Waals surface area contributed by atoms with E-state index in [0.29, 0.717) is 30.5 Å². The molecule has 2 heterocycles. The number of thioether (sulfide) groups is 1. The summed E-state index contributed by atoms with van der Waals surface area (Å²) in [7, 11) is 1.66. The van der Waals surface area contributed by atoms with Crippen molar-refractivity contribution >= 4 is 39.8 Å². The number of amides is 1. The van der Waals surface area contributed by atoms with Gasteiger partial charge in [0.2, 0.25) is 11.0 Å². The average molecular weight is 474 g/mol. The fourth-order valence-corrected chi connectivity index (χ4v) is 4.99. The molecule has 168 valence electrons. The van der Waals surface area contributed by atoms with E-state index >= 15 is 0 Å². The Hall–Kier alpha value is -2.85. The van der Waals surface area contributed by atoms with Crippen molar-refractivity contribution < 1.29 is 13.9 Å². The number of methoxy groups -OCH3 is 1. The van der Waals surface area contributed by atoms with Crippen LogP contribution in [0, 0.1) is 5.82 Å². The Bertz CT molecular complexity index is 1020. The third kappa shape index (κ3) is 5.89. The van der Waals surface area contributed by atoms with E-state index in [-0.39, 0.29) is 11.7 Å². The summed E-state index contributed by atoms with van der Waals surface area (Å²) in [5.41, 5.74) is 2.10. The number of benzene rings is 2. The molecule has 0 aliphatic carbocycles. The number of halogens is 1. The van der Waals surface area contributed by atoms with Gasteiger partial charge in [0.15, 0.2) is 4.34 Å². The van der Waals surface area contributed by atoms with Crippen molar-refractivity contribution in [1.82, 2.24) is 15.1 Å². The van der Waals surface area contributed by atoms with Gasteiger partial charge in [-0.25, -0.2) is 4.39 Å².